The van der Waals surface area contributed by atoms with Crippen molar-refractivity contribution >= 4 is 23.2 Å². The molecule has 4 aromatic rings. The summed E-state index contributed by atoms with van der Waals surface area (Å²) in [7, 11) is 0. The molecule has 0 unspecified atom stereocenters. The minimum absolute atomic E-state index is 0.248. The van der Waals surface area contributed by atoms with Crippen molar-refractivity contribution in [2.75, 3.05) is 5.32 Å². The van der Waals surface area contributed by atoms with Crippen LogP contribution in [0, 0.1) is 18.3 Å². The van der Waals surface area contributed by atoms with Gasteiger partial charge in [-0.15, -0.1) is 0 Å². The molecular weight excluding hydrogens is 478 g/mol. The van der Waals surface area contributed by atoms with Crippen molar-refractivity contribution in [3.8, 4) is 17.6 Å². The first-order valence-corrected chi connectivity index (χ1v) is 11.8. The van der Waals surface area contributed by atoms with E-state index in [9.17, 15) is 9.59 Å². The molecule has 36 heavy (non-hydrogen) atoms. The summed E-state index contributed by atoms with van der Waals surface area (Å²) in [6.45, 7) is 4.27. The number of hydrogen-bond donors (Lipinski definition) is 1. The first-order valence-electron chi connectivity index (χ1n) is 11.4. The first-order chi connectivity index (χ1) is 17.4. The van der Waals surface area contributed by atoms with Gasteiger partial charge in [-0.1, -0.05) is 36.7 Å². The molecule has 0 aliphatic rings. The number of nitriles is 1. The number of aryl methyl sites for hydroxylation is 1. The molecule has 8 nitrogen and oxygen atoms in total. The van der Waals surface area contributed by atoms with Gasteiger partial charge in [-0.25, -0.2) is 9.78 Å². The number of anilines is 2. The van der Waals surface area contributed by atoms with Crippen molar-refractivity contribution in [2.24, 2.45) is 0 Å². The van der Waals surface area contributed by atoms with Gasteiger partial charge in [0.15, 0.2) is 0 Å². The molecule has 2 aromatic heterocycles. The highest BCUT2D eigenvalue weighted by Crippen LogP contribution is 2.26. The zero-order valence-corrected chi connectivity index (χ0v) is 20.6. The van der Waals surface area contributed by atoms with E-state index in [0.29, 0.717) is 52.4 Å². The van der Waals surface area contributed by atoms with Crippen LogP contribution in [-0.2, 0) is 13.1 Å². The molecule has 9 heteroatoms. The van der Waals surface area contributed by atoms with Crippen molar-refractivity contribution in [3.05, 3.63) is 109 Å². The number of ether oxygens (including phenoxy) is 1. The first kappa shape index (κ1) is 24.8. The molecule has 0 saturated heterocycles. The molecule has 0 spiro atoms. The van der Waals surface area contributed by atoms with Gasteiger partial charge < -0.3 is 10.1 Å². The van der Waals surface area contributed by atoms with Crippen LogP contribution >= 0.6 is 11.6 Å². The highest BCUT2D eigenvalue weighted by Gasteiger charge is 2.14. The molecule has 182 valence electrons. The normalized spacial score (nSPS) is 10.6. The number of benzene rings is 2. The molecule has 1 N–H and O–H groups in total. The Labute approximate surface area is 213 Å². The number of nitrogens with one attached hydrogen (secondary N) is 1. The number of hydrogen-bond acceptors (Lipinski definition) is 6. The molecule has 0 saturated carbocycles. The van der Waals surface area contributed by atoms with Crippen LogP contribution in [0.25, 0.3) is 0 Å². The summed E-state index contributed by atoms with van der Waals surface area (Å²) in [6, 6.07) is 21.0. The van der Waals surface area contributed by atoms with Gasteiger partial charge in [0.1, 0.15) is 23.1 Å². The topological polar surface area (TPSA) is 102 Å². The smallest absolute Gasteiger partial charge is 0.332 e. The second kappa shape index (κ2) is 10.9. The quantitative estimate of drug-likeness (QED) is 0.354. The monoisotopic (exact) mass is 501 g/mol. The summed E-state index contributed by atoms with van der Waals surface area (Å²) >= 11 is 6.01. The zero-order valence-electron chi connectivity index (χ0n) is 19.9. The van der Waals surface area contributed by atoms with Crippen molar-refractivity contribution in [2.45, 2.75) is 33.4 Å². The third-order valence-electron chi connectivity index (χ3n) is 5.46. The summed E-state index contributed by atoms with van der Waals surface area (Å²) in [6.07, 6.45) is 0.655. The van der Waals surface area contributed by atoms with Gasteiger partial charge in [0.05, 0.1) is 23.9 Å². The second-order valence-electron chi connectivity index (χ2n) is 8.16. The molecule has 2 aromatic carbocycles. The molecule has 0 fully saturated rings. The Bertz CT molecular complexity index is 1550. The molecule has 0 aliphatic heterocycles. The number of aromatic nitrogens is 3. The summed E-state index contributed by atoms with van der Waals surface area (Å²) < 4.78 is 8.63. The van der Waals surface area contributed by atoms with Crippen molar-refractivity contribution in [1.29, 1.82) is 5.26 Å². The van der Waals surface area contributed by atoms with E-state index in [4.69, 9.17) is 21.6 Å². The molecule has 0 amide bonds. The van der Waals surface area contributed by atoms with Gasteiger partial charge in [0.2, 0.25) is 0 Å². The summed E-state index contributed by atoms with van der Waals surface area (Å²) in [5.74, 6) is 1.82. The van der Waals surface area contributed by atoms with Crippen LogP contribution in [0.5, 0.6) is 11.5 Å². The fraction of sp³-hybridized carbons (Fsp3) is 0.185. The Morgan fingerprint density at radius 2 is 1.83 bits per heavy atom. The van der Waals surface area contributed by atoms with Crippen LogP contribution < -0.4 is 21.3 Å². The van der Waals surface area contributed by atoms with E-state index in [-0.39, 0.29) is 12.1 Å². The van der Waals surface area contributed by atoms with Crippen LogP contribution in [-0.4, -0.2) is 14.1 Å². The predicted molar refractivity (Wildman–Crippen MR) is 139 cm³/mol. The zero-order chi connectivity index (χ0) is 25.7. The maximum atomic E-state index is 13.2. The Balaban J connectivity index is 1.66. The minimum Gasteiger partial charge on any atom is -0.455 e. The number of rotatable bonds is 8. The van der Waals surface area contributed by atoms with Crippen molar-refractivity contribution in [3.63, 3.8) is 0 Å². The lowest BCUT2D eigenvalue weighted by molar-refractivity contribution is 0.476. The molecule has 0 aliphatic carbocycles. The predicted octanol–water partition coefficient (Wildman–Crippen LogP) is 5.23. The number of pyridine rings is 1. The van der Waals surface area contributed by atoms with Crippen LogP contribution in [0.2, 0.25) is 5.02 Å². The maximum absolute atomic E-state index is 13.2. The molecular formula is C27H24ClN5O3. The fourth-order valence-corrected chi connectivity index (χ4v) is 3.81. The van der Waals surface area contributed by atoms with Gasteiger partial charge in [0, 0.05) is 17.6 Å². The van der Waals surface area contributed by atoms with E-state index in [2.05, 4.69) is 16.4 Å². The van der Waals surface area contributed by atoms with Gasteiger partial charge in [-0.05, 0) is 61.4 Å². The van der Waals surface area contributed by atoms with Crippen LogP contribution in [0.4, 0.5) is 11.6 Å². The van der Waals surface area contributed by atoms with Crippen LogP contribution in [0.1, 0.15) is 30.2 Å². The van der Waals surface area contributed by atoms with Gasteiger partial charge in [0.25, 0.3) is 5.56 Å². The standard InChI is InChI=1S/C27H24ClN5O3/c1-3-13-32-26(34)15-25(33(27(32)35)17-19-7-9-21(28)10-8-19)31-24-12-11-23(18(2)30-24)36-22-6-4-5-20(14-22)16-29/h4-12,14-15H,3,13,17H2,1-2H3,(H,30,31). The SMILES string of the molecule is CCCn1c(=O)cc(Nc2ccc(Oc3cccc(C#N)c3)c(C)n2)n(Cc2ccc(Cl)cc2)c1=O. The second-order valence-corrected chi connectivity index (χ2v) is 8.60. The third-order valence-corrected chi connectivity index (χ3v) is 5.72. The van der Waals surface area contributed by atoms with E-state index < -0.39 is 5.69 Å². The molecule has 0 atom stereocenters. The Morgan fingerprint density at radius 3 is 2.53 bits per heavy atom. The fourth-order valence-electron chi connectivity index (χ4n) is 3.69. The van der Waals surface area contributed by atoms with Crippen LogP contribution in [0.3, 0.4) is 0 Å². The molecule has 2 heterocycles. The van der Waals surface area contributed by atoms with Crippen molar-refractivity contribution in [1.82, 2.24) is 14.1 Å². The van der Waals surface area contributed by atoms with E-state index >= 15 is 0 Å². The Morgan fingerprint density at radius 1 is 1.06 bits per heavy atom. The van der Waals surface area contributed by atoms with Gasteiger partial charge >= 0.3 is 5.69 Å². The largest absolute Gasteiger partial charge is 0.455 e. The summed E-state index contributed by atoms with van der Waals surface area (Å²) in [5.41, 5.74) is 1.15. The average molecular weight is 502 g/mol. The van der Waals surface area contributed by atoms with E-state index in [0.717, 1.165) is 5.56 Å². The third kappa shape index (κ3) is 5.65. The lowest BCUT2D eigenvalue weighted by Gasteiger charge is -2.17. The lowest BCUT2D eigenvalue weighted by atomic mass is 10.2. The molecule has 4 rings (SSSR count). The van der Waals surface area contributed by atoms with Crippen molar-refractivity contribution < 1.29 is 4.74 Å². The number of nitrogens with zero attached hydrogens (tertiary/aromatic N) is 4. The molecule has 0 radical (unpaired) electrons. The van der Waals surface area contributed by atoms with E-state index in [1.807, 2.05) is 19.1 Å². The summed E-state index contributed by atoms with van der Waals surface area (Å²) in [4.78, 5) is 30.5. The Kier molecular flexibility index (Phi) is 7.52. The van der Waals surface area contributed by atoms with Gasteiger partial charge in [-0.3, -0.25) is 13.9 Å². The number of halogens is 1. The summed E-state index contributed by atoms with van der Waals surface area (Å²) in [5, 5.41) is 12.8. The molecule has 0 bridgehead atoms. The van der Waals surface area contributed by atoms with Gasteiger partial charge in [-0.2, -0.15) is 5.26 Å². The highest BCUT2D eigenvalue weighted by atomic mass is 35.5. The lowest BCUT2D eigenvalue weighted by Crippen LogP contribution is -2.40. The van der Waals surface area contributed by atoms with E-state index in [1.54, 1.807) is 55.5 Å². The van der Waals surface area contributed by atoms with E-state index in [1.165, 1.54) is 15.2 Å². The maximum Gasteiger partial charge on any atom is 0.332 e. The average Bonchev–Trinajstić information content (AvgIpc) is 2.87. The minimum atomic E-state index is -0.407. The Hall–Kier alpha value is -4.35. The highest BCUT2D eigenvalue weighted by molar-refractivity contribution is 6.30. The van der Waals surface area contributed by atoms with Crippen LogP contribution in [0.15, 0.2) is 76.3 Å².